The quantitative estimate of drug-likeness (QED) is 0.585. The maximum Gasteiger partial charge on any atom is 0.286 e. The van der Waals surface area contributed by atoms with Gasteiger partial charge in [0, 0.05) is 23.3 Å². The molecule has 0 bridgehead atoms. The number of ether oxygens (including phenoxy) is 1. The standard InChI is InChI=1S/C17H20BrN3O3/c1-3-4-9-24-14-7-5-12(6-8-14)16(22)19-20-17(23)15-10-13(18)11-21(15)2/h5-8,10-11H,3-4,9H2,1-2H3,(H,19,22)(H,20,23). The van der Waals surface area contributed by atoms with Crippen molar-refractivity contribution in [3.63, 3.8) is 0 Å². The average Bonchev–Trinajstić information content (AvgIpc) is 2.91. The number of aryl methyl sites for hydroxylation is 1. The van der Waals surface area contributed by atoms with Crippen LogP contribution < -0.4 is 15.6 Å². The average molecular weight is 394 g/mol. The number of rotatable bonds is 6. The monoisotopic (exact) mass is 393 g/mol. The normalized spacial score (nSPS) is 10.3. The molecule has 0 radical (unpaired) electrons. The summed E-state index contributed by atoms with van der Waals surface area (Å²) in [5.41, 5.74) is 5.66. The molecule has 2 rings (SSSR count). The second kappa shape index (κ2) is 8.54. The van der Waals surface area contributed by atoms with Gasteiger partial charge >= 0.3 is 0 Å². The maximum atomic E-state index is 12.1. The first-order chi connectivity index (χ1) is 11.5. The van der Waals surface area contributed by atoms with Crippen molar-refractivity contribution >= 4 is 27.7 Å². The van der Waals surface area contributed by atoms with Crippen molar-refractivity contribution in [2.24, 2.45) is 7.05 Å². The minimum Gasteiger partial charge on any atom is -0.494 e. The van der Waals surface area contributed by atoms with Crippen molar-refractivity contribution in [1.82, 2.24) is 15.4 Å². The Bertz CT molecular complexity index is 710. The molecular weight excluding hydrogens is 374 g/mol. The van der Waals surface area contributed by atoms with Gasteiger partial charge in [0.25, 0.3) is 11.8 Å². The molecule has 0 fully saturated rings. The minimum atomic E-state index is -0.393. The first-order valence-corrected chi connectivity index (χ1v) is 8.46. The number of halogens is 1. The van der Waals surface area contributed by atoms with Gasteiger partial charge in [-0.15, -0.1) is 0 Å². The van der Waals surface area contributed by atoms with Gasteiger partial charge in [-0.05, 0) is 52.7 Å². The number of nitrogens with one attached hydrogen (secondary N) is 2. The first kappa shape index (κ1) is 18.1. The van der Waals surface area contributed by atoms with E-state index in [2.05, 4.69) is 33.7 Å². The van der Waals surface area contributed by atoms with E-state index in [0.29, 0.717) is 17.9 Å². The lowest BCUT2D eigenvalue weighted by Gasteiger charge is -2.09. The molecule has 0 aliphatic carbocycles. The third-order valence-electron chi connectivity index (χ3n) is 3.38. The summed E-state index contributed by atoms with van der Waals surface area (Å²) < 4.78 is 8.00. The molecule has 1 aromatic heterocycles. The molecule has 0 saturated heterocycles. The second-order valence-electron chi connectivity index (χ2n) is 5.29. The van der Waals surface area contributed by atoms with Gasteiger partial charge in [-0.25, -0.2) is 0 Å². The molecule has 128 valence electrons. The molecule has 0 atom stereocenters. The van der Waals surface area contributed by atoms with E-state index >= 15 is 0 Å². The van der Waals surface area contributed by atoms with Crippen molar-refractivity contribution < 1.29 is 14.3 Å². The van der Waals surface area contributed by atoms with E-state index in [4.69, 9.17) is 4.74 Å². The number of aromatic nitrogens is 1. The van der Waals surface area contributed by atoms with Crippen LogP contribution in [0.15, 0.2) is 41.0 Å². The van der Waals surface area contributed by atoms with E-state index in [1.54, 1.807) is 48.1 Å². The molecule has 0 spiro atoms. The van der Waals surface area contributed by atoms with Crippen molar-refractivity contribution in [3.05, 3.63) is 52.3 Å². The summed E-state index contributed by atoms with van der Waals surface area (Å²) in [6, 6.07) is 8.45. The molecule has 0 unspecified atom stereocenters. The van der Waals surface area contributed by atoms with Gasteiger partial charge in [-0.3, -0.25) is 20.4 Å². The van der Waals surface area contributed by atoms with Gasteiger partial charge < -0.3 is 9.30 Å². The van der Waals surface area contributed by atoms with Crippen LogP contribution in [0.2, 0.25) is 0 Å². The van der Waals surface area contributed by atoms with Gasteiger partial charge in [0.15, 0.2) is 0 Å². The number of carbonyl (C=O) groups is 2. The van der Waals surface area contributed by atoms with Crippen molar-refractivity contribution in [1.29, 1.82) is 0 Å². The molecule has 7 heteroatoms. The lowest BCUT2D eigenvalue weighted by molar-refractivity contribution is 0.0842. The van der Waals surface area contributed by atoms with Crippen LogP contribution in [0, 0.1) is 0 Å². The Morgan fingerprint density at radius 2 is 1.83 bits per heavy atom. The molecular formula is C17H20BrN3O3. The van der Waals surface area contributed by atoms with Gasteiger partial charge in [0.05, 0.1) is 6.61 Å². The van der Waals surface area contributed by atoms with Crippen LogP contribution in [0.5, 0.6) is 5.75 Å². The maximum absolute atomic E-state index is 12.1. The summed E-state index contributed by atoms with van der Waals surface area (Å²) in [7, 11) is 1.75. The number of benzene rings is 1. The Morgan fingerprint density at radius 3 is 2.42 bits per heavy atom. The Morgan fingerprint density at radius 1 is 1.17 bits per heavy atom. The van der Waals surface area contributed by atoms with Crippen molar-refractivity contribution in [2.75, 3.05) is 6.61 Å². The zero-order valence-electron chi connectivity index (χ0n) is 13.6. The van der Waals surface area contributed by atoms with Crippen LogP contribution >= 0.6 is 15.9 Å². The predicted octanol–water partition coefficient (Wildman–Crippen LogP) is 3.04. The van der Waals surface area contributed by atoms with E-state index in [-0.39, 0.29) is 0 Å². The number of carbonyl (C=O) groups excluding carboxylic acids is 2. The molecule has 1 aromatic carbocycles. The third kappa shape index (κ3) is 4.86. The number of hydrogen-bond acceptors (Lipinski definition) is 3. The van der Waals surface area contributed by atoms with E-state index in [9.17, 15) is 9.59 Å². The molecule has 1 heterocycles. The smallest absolute Gasteiger partial charge is 0.286 e. The number of unbranched alkanes of at least 4 members (excludes halogenated alkanes) is 1. The van der Waals surface area contributed by atoms with Gasteiger partial charge in [0.1, 0.15) is 11.4 Å². The summed E-state index contributed by atoms with van der Waals surface area (Å²) in [6.07, 6.45) is 3.81. The highest BCUT2D eigenvalue weighted by Crippen LogP contribution is 2.14. The topological polar surface area (TPSA) is 72.4 Å². The summed E-state index contributed by atoms with van der Waals surface area (Å²) in [5.74, 6) is -0.0644. The largest absolute Gasteiger partial charge is 0.494 e. The summed E-state index contributed by atoms with van der Waals surface area (Å²) in [4.78, 5) is 24.1. The minimum absolute atomic E-state index is 0.392. The zero-order chi connectivity index (χ0) is 17.5. The van der Waals surface area contributed by atoms with E-state index in [1.807, 2.05) is 0 Å². The van der Waals surface area contributed by atoms with Crippen molar-refractivity contribution in [3.8, 4) is 5.75 Å². The van der Waals surface area contributed by atoms with E-state index < -0.39 is 11.8 Å². The summed E-state index contributed by atoms with van der Waals surface area (Å²) >= 11 is 3.30. The molecule has 0 saturated carbocycles. The Kier molecular flexibility index (Phi) is 6.43. The Hall–Kier alpha value is -2.28. The van der Waals surface area contributed by atoms with Gasteiger partial charge in [-0.1, -0.05) is 13.3 Å². The highest BCUT2D eigenvalue weighted by Gasteiger charge is 2.12. The number of amides is 2. The lowest BCUT2D eigenvalue weighted by Crippen LogP contribution is -2.42. The van der Waals surface area contributed by atoms with Gasteiger partial charge in [-0.2, -0.15) is 0 Å². The summed E-state index contributed by atoms with van der Waals surface area (Å²) in [6.45, 7) is 2.75. The van der Waals surface area contributed by atoms with E-state index in [0.717, 1.165) is 23.1 Å². The number of nitrogens with zero attached hydrogens (tertiary/aromatic N) is 1. The number of hydrogen-bond donors (Lipinski definition) is 2. The van der Waals surface area contributed by atoms with Crippen molar-refractivity contribution in [2.45, 2.75) is 19.8 Å². The fourth-order valence-electron chi connectivity index (χ4n) is 2.04. The Labute approximate surface area is 149 Å². The highest BCUT2D eigenvalue weighted by molar-refractivity contribution is 9.10. The van der Waals surface area contributed by atoms with Gasteiger partial charge in [0.2, 0.25) is 0 Å². The molecule has 0 aliphatic rings. The number of hydrazine groups is 1. The third-order valence-corrected chi connectivity index (χ3v) is 3.81. The molecule has 2 amide bonds. The summed E-state index contributed by atoms with van der Waals surface area (Å²) in [5, 5.41) is 0. The fourth-order valence-corrected chi connectivity index (χ4v) is 2.56. The van der Waals surface area contributed by atoms with Crippen LogP contribution in [0.4, 0.5) is 0 Å². The molecule has 0 aliphatic heterocycles. The fraction of sp³-hybridized carbons (Fsp3) is 0.294. The zero-order valence-corrected chi connectivity index (χ0v) is 15.2. The molecule has 24 heavy (non-hydrogen) atoms. The first-order valence-electron chi connectivity index (χ1n) is 7.66. The second-order valence-corrected chi connectivity index (χ2v) is 6.20. The predicted molar refractivity (Wildman–Crippen MR) is 94.9 cm³/mol. The molecule has 6 nitrogen and oxygen atoms in total. The van der Waals surface area contributed by atoms with Crippen LogP contribution in [0.3, 0.4) is 0 Å². The van der Waals surface area contributed by atoms with Crippen LogP contribution in [-0.4, -0.2) is 23.0 Å². The Balaban J connectivity index is 1.88. The van der Waals surface area contributed by atoms with E-state index in [1.165, 1.54) is 0 Å². The van der Waals surface area contributed by atoms with Crippen LogP contribution in [-0.2, 0) is 7.05 Å². The van der Waals surface area contributed by atoms with Crippen LogP contribution in [0.25, 0.3) is 0 Å². The molecule has 2 aromatic rings. The lowest BCUT2D eigenvalue weighted by atomic mass is 10.2. The highest BCUT2D eigenvalue weighted by atomic mass is 79.9. The van der Waals surface area contributed by atoms with Crippen LogP contribution in [0.1, 0.15) is 40.6 Å². The molecule has 2 N–H and O–H groups in total. The SMILES string of the molecule is CCCCOc1ccc(C(=O)NNC(=O)c2cc(Br)cn2C)cc1.